The number of rotatable bonds is 8. The van der Waals surface area contributed by atoms with Gasteiger partial charge in [0.2, 0.25) is 0 Å². The van der Waals surface area contributed by atoms with Crippen LogP contribution in [0.1, 0.15) is 25.0 Å². The fourth-order valence-electron chi connectivity index (χ4n) is 1.39. The maximum Gasteiger partial charge on any atom is 0.139 e. The lowest BCUT2D eigenvalue weighted by Crippen LogP contribution is -2.11. The smallest absolute Gasteiger partial charge is 0.139 e. The van der Waals surface area contributed by atoms with Crippen LogP contribution in [0, 0.1) is 0 Å². The summed E-state index contributed by atoms with van der Waals surface area (Å²) in [7, 11) is 0. The molecule has 1 aromatic rings. The highest BCUT2D eigenvalue weighted by atomic mass is 16.5. The van der Waals surface area contributed by atoms with Crippen molar-refractivity contribution in [3.05, 3.63) is 30.1 Å². The van der Waals surface area contributed by atoms with Gasteiger partial charge in [-0.15, -0.1) is 0 Å². The molecule has 0 aliphatic carbocycles. The lowest BCUT2D eigenvalue weighted by Gasteiger charge is -2.03. The Bertz CT molecular complexity index is 328. The highest BCUT2D eigenvalue weighted by molar-refractivity contribution is 5.79. The molecule has 0 saturated carbocycles. The Hall–Kier alpha value is -1.62. The van der Waals surface area contributed by atoms with Crippen LogP contribution in [-0.2, 0) is 11.2 Å². The minimum absolute atomic E-state index is 0.276. The predicted molar refractivity (Wildman–Crippen MR) is 66.0 cm³/mol. The van der Waals surface area contributed by atoms with Crippen molar-refractivity contribution in [2.45, 2.75) is 25.7 Å². The van der Waals surface area contributed by atoms with Crippen molar-refractivity contribution in [3.8, 4) is 0 Å². The van der Waals surface area contributed by atoms with Gasteiger partial charge in [0.05, 0.1) is 6.61 Å². The lowest BCUT2D eigenvalue weighted by atomic mass is 10.2. The maximum absolute atomic E-state index is 8.33. The van der Waals surface area contributed by atoms with Crippen molar-refractivity contribution < 1.29 is 9.94 Å². The van der Waals surface area contributed by atoms with E-state index in [1.54, 1.807) is 6.20 Å². The Morgan fingerprint density at radius 3 is 2.94 bits per heavy atom. The molecule has 0 amide bonds. The van der Waals surface area contributed by atoms with Crippen molar-refractivity contribution in [2.75, 3.05) is 13.2 Å². The van der Waals surface area contributed by atoms with E-state index in [1.807, 2.05) is 18.2 Å². The monoisotopic (exact) mass is 237 g/mol. The minimum Gasteiger partial charge on any atom is -0.409 e. The van der Waals surface area contributed by atoms with Crippen molar-refractivity contribution in [1.29, 1.82) is 0 Å². The average molecular weight is 237 g/mol. The minimum atomic E-state index is 0.276. The van der Waals surface area contributed by atoms with Gasteiger partial charge in [-0.25, -0.2) is 0 Å². The van der Waals surface area contributed by atoms with Crippen LogP contribution < -0.4 is 5.73 Å². The molecule has 0 bridgehead atoms. The van der Waals surface area contributed by atoms with E-state index in [0.29, 0.717) is 19.6 Å². The number of hydrogen-bond acceptors (Lipinski definition) is 4. The number of oxime groups is 1. The first kappa shape index (κ1) is 13.4. The second-order valence-electron chi connectivity index (χ2n) is 3.73. The summed E-state index contributed by atoms with van der Waals surface area (Å²) in [6, 6.07) is 5.86. The van der Waals surface area contributed by atoms with E-state index in [-0.39, 0.29) is 5.84 Å². The molecule has 17 heavy (non-hydrogen) atoms. The van der Waals surface area contributed by atoms with Crippen LogP contribution >= 0.6 is 0 Å². The van der Waals surface area contributed by atoms with Gasteiger partial charge in [0.15, 0.2) is 0 Å². The maximum atomic E-state index is 8.33. The molecule has 94 valence electrons. The first-order valence-electron chi connectivity index (χ1n) is 5.77. The standard InChI is InChI=1S/C12H19N3O2/c13-12(15-16)6-2-4-9-17-10-7-11-5-1-3-8-14-11/h1,3,5,8,16H,2,4,6-7,9-10H2,(H2,13,15). The number of hydrogen-bond donors (Lipinski definition) is 2. The summed E-state index contributed by atoms with van der Waals surface area (Å²) in [5.74, 6) is 0.276. The summed E-state index contributed by atoms with van der Waals surface area (Å²) in [5.41, 5.74) is 6.39. The molecule has 0 unspecified atom stereocenters. The second-order valence-corrected chi connectivity index (χ2v) is 3.73. The fraction of sp³-hybridized carbons (Fsp3) is 0.500. The van der Waals surface area contributed by atoms with Gasteiger partial charge < -0.3 is 15.7 Å². The number of nitrogens with zero attached hydrogens (tertiary/aromatic N) is 2. The van der Waals surface area contributed by atoms with Gasteiger partial charge in [-0.05, 0) is 25.0 Å². The van der Waals surface area contributed by atoms with Gasteiger partial charge in [0.1, 0.15) is 5.84 Å². The molecule has 1 heterocycles. The van der Waals surface area contributed by atoms with Crippen LogP contribution in [0.15, 0.2) is 29.6 Å². The van der Waals surface area contributed by atoms with E-state index in [1.165, 1.54) is 0 Å². The molecule has 1 aromatic heterocycles. The van der Waals surface area contributed by atoms with E-state index in [9.17, 15) is 0 Å². The first-order chi connectivity index (χ1) is 8.33. The van der Waals surface area contributed by atoms with Crippen LogP contribution in [0.2, 0.25) is 0 Å². The molecule has 1 rings (SSSR count). The van der Waals surface area contributed by atoms with Crippen LogP contribution in [0.3, 0.4) is 0 Å². The molecule has 0 atom stereocenters. The van der Waals surface area contributed by atoms with Gasteiger partial charge in [0.25, 0.3) is 0 Å². The summed E-state index contributed by atoms with van der Waals surface area (Å²) >= 11 is 0. The van der Waals surface area contributed by atoms with Crippen molar-refractivity contribution >= 4 is 5.84 Å². The third kappa shape index (κ3) is 6.52. The Labute approximate surface area is 101 Å². The number of pyridine rings is 1. The van der Waals surface area contributed by atoms with Crippen LogP contribution in [0.4, 0.5) is 0 Å². The largest absolute Gasteiger partial charge is 0.409 e. The Morgan fingerprint density at radius 2 is 2.24 bits per heavy atom. The van der Waals surface area contributed by atoms with Crippen LogP contribution in [0.25, 0.3) is 0 Å². The highest BCUT2D eigenvalue weighted by Gasteiger charge is 1.95. The molecule has 5 heteroatoms. The topological polar surface area (TPSA) is 80.7 Å². The molecule has 0 aromatic carbocycles. The van der Waals surface area contributed by atoms with Crippen LogP contribution in [-0.4, -0.2) is 29.2 Å². The molecule has 0 aliphatic rings. The molecular weight excluding hydrogens is 218 g/mol. The lowest BCUT2D eigenvalue weighted by molar-refractivity contribution is 0.133. The van der Waals surface area contributed by atoms with Crippen molar-refractivity contribution in [2.24, 2.45) is 10.9 Å². The quantitative estimate of drug-likeness (QED) is 0.236. The zero-order chi connectivity index (χ0) is 12.3. The van der Waals surface area contributed by atoms with Gasteiger partial charge >= 0.3 is 0 Å². The molecule has 0 spiro atoms. The van der Waals surface area contributed by atoms with Gasteiger partial charge in [-0.2, -0.15) is 0 Å². The molecule has 0 radical (unpaired) electrons. The zero-order valence-electron chi connectivity index (χ0n) is 9.88. The third-order valence-corrected chi connectivity index (χ3v) is 2.33. The summed E-state index contributed by atoms with van der Waals surface area (Å²) in [4.78, 5) is 4.21. The van der Waals surface area contributed by atoms with E-state index in [2.05, 4.69) is 10.1 Å². The van der Waals surface area contributed by atoms with Crippen LogP contribution in [0.5, 0.6) is 0 Å². The molecular formula is C12H19N3O2. The summed E-state index contributed by atoms with van der Waals surface area (Å²) in [6.45, 7) is 1.38. The van der Waals surface area contributed by atoms with E-state index < -0.39 is 0 Å². The zero-order valence-corrected chi connectivity index (χ0v) is 9.88. The normalized spacial score (nSPS) is 11.6. The SMILES string of the molecule is N/C(CCCCOCCc1ccccn1)=N/O. The number of aromatic nitrogens is 1. The summed E-state index contributed by atoms with van der Waals surface area (Å²) in [5, 5.41) is 11.2. The van der Waals surface area contributed by atoms with Gasteiger partial charge in [0, 0.05) is 31.3 Å². The average Bonchev–Trinajstić information content (AvgIpc) is 2.38. The third-order valence-electron chi connectivity index (χ3n) is 2.33. The van der Waals surface area contributed by atoms with Crippen molar-refractivity contribution in [3.63, 3.8) is 0 Å². The summed E-state index contributed by atoms with van der Waals surface area (Å²) in [6.07, 6.45) is 5.02. The summed E-state index contributed by atoms with van der Waals surface area (Å²) < 4.78 is 5.47. The Morgan fingerprint density at radius 1 is 1.35 bits per heavy atom. The number of ether oxygens (including phenoxy) is 1. The Balaban J connectivity index is 1.95. The van der Waals surface area contributed by atoms with Gasteiger partial charge in [-0.1, -0.05) is 11.2 Å². The predicted octanol–water partition coefficient (Wildman–Crippen LogP) is 1.56. The molecule has 0 fully saturated rings. The van der Waals surface area contributed by atoms with Gasteiger partial charge in [-0.3, -0.25) is 4.98 Å². The van der Waals surface area contributed by atoms with E-state index in [0.717, 1.165) is 25.0 Å². The molecule has 0 aliphatic heterocycles. The second kappa shape index (κ2) is 8.52. The Kier molecular flexibility index (Phi) is 6.74. The molecule has 5 nitrogen and oxygen atoms in total. The molecule has 0 saturated heterocycles. The number of amidine groups is 1. The highest BCUT2D eigenvalue weighted by Crippen LogP contribution is 1.98. The number of nitrogens with two attached hydrogens (primary N) is 1. The van der Waals surface area contributed by atoms with E-state index in [4.69, 9.17) is 15.7 Å². The van der Waals surface area contributed by atoms with Crippen molar-refractivity contribution in [1.82, 2.24) is 4.98 Å². The fourth-order valence-corrected chi connectivity index (χ4v) is 1.39. The molecule has 3 N–H and O–H groups in total. The first-order valence-corrected chi connectivity index (χ1v) is 5.77. The number of unbranched alkanes of at least 4 members (excludes halogenated alkanes) is 1. The van der Waals surface area contributed by atoms with E-state index >= 15 is 0 Å².